The van der Waals surface area contributed by atoms with Crippen LogP contribution < -0.4 is 5.32 Å². The zero-order valence-corrected chi connectivity index (χ0v) is 29.2. The number of aliphatic hydroxyl groups excluding tert-OH is 2. The molecule has 0 heterocycles. The van der Waals surface area contributed by atoms with E-state index in [4.69, 9.17) is 0 Å². The van der Waals surface area contributed by atoms with Crippen LogP contribution in [-0.4, -0.2) is 34.9 Å². The molecular formula is C40H73NO3. The molecule has 0 radical (unpaired) electrons. The van der Waals surface area contributed by atoms with Crippen molar-refractivity contribution in [2.45, 2.75) is 193 Å². The Morgan fingerprint density at radius 1 is 0.545 bits per heavy atom. The summed E-state index contributed by atoms with van der Waals surface area (Å²) in [5, 5.41) is 22.9. The Morgan fingerprint density at radius 2 is 1.00 bits per heavy atom. The smallest absolute Gasteiger partial charge is 0.220 e. The zero-order valence-electron chi connectivity index (χ0n) is 29.2. The summed E-state index contributed by atoms with van der Waals surface area (Å²) in [6, 6.07) is -0.645. The van der Waals surface area contributed by atoms with Gasteiger partial charge in [-0.25, -0.2) is 0 Å². The summed E-state index contributed by atoms with van der Waals surface area (Å²) in [7, 11) is 0. The molecule has 0 saturated carbocycles. The van der Waals surface area contributed by atoms with E-state index in [-0.39, 0.29) is 12.5 Å². The molecule has 0 fully saturated rings. The molecule has 3 N–H and O–H groups in total. The number of unbranched alkanes of at least 4 members (excludes halogenated alkanes) is 20. The fourth-order valence-electron chi connectivity index (χ4n) is 5.35. The molecule has 2 unspecified atom stereocenters. The molecule has 44 heavy (non-hydrogen) atoms. The Balaban J connectivity index is 3.68. The molecule has 0 aromatic carbocycles. The summed E-state index contributed by atoms with van der Waals surface area (Å²) < 4.78 is 0. The number of amides is 1. The number of allylic oxidation sites excluding steroid dienone is 7. The van der Waals surface area contributed by atoms with Gasteiger partial charge in [-0.15, -0.1) is 0 Å². The van der Waals surface area contributed by atoms with Crippen LogP contribution in [0.5, 0.6) is 0 Å². The lowest BCUT2D eigenvalue weighted by Crippen LogP contribution is -2.45. The van der Waals surface area contributed by atoms with Gasteiger partial charge in [0.2, 0.25) is 5.91 Å². The summed E-state index contributed by atoms with van der Waals surface area (Å²) in [4.78, 5) is 12.3. The first kappa shape index (κ1) is 42.3. The van der Waals surface area contributed by atoms with Gasteiger partial charge < -0.3 is 15.5 Å². The van der Waals surface area contributed by atoms with Crippen LogP contribution in [0.25, 0.3) is 0 Å². The fourth-order valence-corrected chi connectivity index (χ4v) is 5.35. The Kier molecular flexibility index (Phi) is 34.5. The zero-order chi connectivity index (χ0) is 32.2. The van der Waals surface area contributed by atoms with Crippen LogP contribution in [-0.2, 0) is 4.79 Å². The normalized spacial score (nSPS) is 13.6. The second-order valence-corrected chi connectivity index (χ2v) is 12.6. The van der Waals surface area contributed by atoms with Gasteiger partial charge in [0, 0.05) is 6.42 Å². The van der Waals surface area contributed by atoms with Gasteiger partial charge in [-0.2, -0.15) is 0 Å². The second-order valence-electron chi connectivity index (χ2n) is 12.6. The van der Waals surface area contributed by atoms with E-state index in [2.05, 4.69) is 55.6 Å². The van der Waals surface area contributed by atoms with Crippen molar-refractivity contribution in [3.63, 3.8) is 0 Å². The van der Waals surface area contributed by atoms with Crippen molar-refractivity contribution in [2.24, 2.45) is 0 Å². The van der Waals surface area contributed by atoms with Crippen molar-refractivity contribution >= 4 is 5.91 Å². The highest BCUT2D eigenvalue weighted by Gasteiger charge is 2.17. The highest BCUT2D eigenvalue weighted by molar-refractivity contribution is 5.76. The van der Waals surface area contributed by atoms with Crippen LogP contribution in [0.15, 0.2) is 48.6 Å². The lowest BCUT2D eigenvalue weighted by Gasteiger charge is -2.19. The molecule has 1 amide bonds. The van der Waals surface area contributed by atoms with Crippen molar-refractivity contribution in [1.82, 2.24) is 5.32 Å². The molecule has 2 atom stereocenters. The third-order valence-corrected chi connectivity index (χ3v) is 8.27. The Bertz CT molecular complexity index is 711. The minimum Gasteiger partial charge on any atom is -0.394 e. The van der Waals surface area contributed by atoms with E-state index in [1.807, 2.05) is 6.08 Å². The molecule has 0 aromatic heterocycles. The molecule has 0 bridgehead atoms. The van der Waals surface area contributed by atoms with Crippen molar-refractivity contribution in [3.8, 4) is 0 Å². The Morgan fingerprint density at radius 3 is 1.55 bits per heavy atom. The Hall–Kier alpha value is -1.65. The maximum atomic E-state index is 12.3. The molecular weight excluding hydrogens is 542 g/mol. The molecule has 256 valence electrons. The molecule has 4 heteroatoms. The lowest BCUT2D eigenvalue weighted by atomic mass is 10.0. The van der Waals surface area contributed by atoms with E-state index in [9.17, 15) is 15.0 Å². The highest BCUT2D eigenvalue weighted by Crippen LogP contribution is 2.13. The molecule has 0 rings (SSSR count). The molecule has 0 aliphatic rings. The predicted molar refractivity (Wildman–Crippen MR) is 193 cm³/mol. The minimum absolute atomic E-state index is 0.0911. The SMILES string of the molecule is CCC/C=C\C/C=C\CCCCCCCC(=O)NC(CO)C(O)/C=C/CC/C=C/CCCCCCCCCCCCCCC. The topological polar surface area (TPSA) is 69.6 Å². The first-order chi connectivity index (χ1) is 21.7. The first-order valence-electron chi connectivity index (χ1n) is 18.9. The van der Waals surface area contributed by atoms with E-state index in [0.29, 0.717) is 6.42 Å². The van der Waals surface area contributed by atoms with Crippen LogP contribution in [0, 0.1) is 0 Å². The van der Waals surface area contributed by atoms with E-state index >= 15 is 0 Å². The average Bonchev–Trinajstić information content (AvgIpc) is 3.03. The standard InChI is InChI=1S/C40H73NO3/c1-3-5-7-9-11-13-15-17-18-19-20-21-22-24-25-27-29-31-33-35-39(43)38(37-42)41-40(44)36-34-32-30-28-26-23-16-14-12-10-8-6-4-2/h8,10,14,16,25,27,33,35,38-39,42-43H,3-7,9,11-13,15,17-24,26,28-32,34,36-37H2,1-2H3,(H,41,44)/b10-8-,16-14-,27-25+,35-33+. The number of hydrogen-bond acceptors (Lipinski definition) is 3. The van der Waals surface area contributed by atoms with Crippen molar-refractivity contribution in [1.29, 1.82) is 0 Å². The monoisotopic (exact) mass is 616 g/mol. The minimum atomic E-state index is -0.867. The van der Waals surface area contributed by atoms with Gasteiger partial charge in [-0.3, -0.25) is 4.79 Å². The molecule has 0 aromatic rings. The van der Waals surface area contributed by atoms with Gasteiger partial charge in [0.05, 0.1) is 18.8 Å². The summed E-state index contributed by atoms with van der Waals surface area (Å²) >= 11 is 0. The van der Waals surface area contributed by atoms with Crippen molar-refractivity contribution < 1.29 is 15.0 Å². The van der Waals surface area contributed by atoms with E-state index in [1.165, 1.54) is 109 Å². The third kappa shape index (κ3) is 31.8. The van der Waals surface area contributed by atoms with Crippen LogP contribution in [0.4, 0.5) is 0 Å². The summed E-state index contributed by atoms with van der Waals surface area (Å²) in [5.74, 6) is -0.0911. The number of nitrogens with one attached hydrogen (secondary N) is 1. The summed E-state index contributed by atoms with van der Waals surface area (Å²) in [6.07, 6.45) is 47.7. The predicted octanol–water partition coefficient (Wildman–Crippen LogP) is 11.2. The van der Waals surface area contributed by atoms with E-state index in [1.54, 1.807) is 6.08 Å². The van der Waals surface area contributed by atoms with Crippen molar-refractivity contribution in [2.75, 3.05) is 6.61 Å². The Labute approximate surface area is 274 Å². The third-order valence-electron chi connectivity index (χ3n) is 8.27. The molecule has 0 aliphatic carbocycles. The van der Waals surface area contributed by atoms with Crippen LogP contribution in [0.2, 0.25) is 0 Å². The molecule has 0 aliphatic heterocycles. The van der Waals surface area contributed by atoms with Crippen molar-refractivity contribution in [3.05, 3.63) is 48.6 Å². The highest BCUT2D eigenvalue weighted by atomic mass is 16.3. The number of carbonyl (C=O) groups is 1. The van der Waals surface area contributed by atoms with Crippen LogP contribution >= 0.6 is 0 Å². The molecule has 0 spiro atoms. The largest absolute Gasteiger partial charge is 0.394 e. The number of aliphatic hydroxyl groups is 2. The van der Waals surface area contributed by atoms with E-state index < -0.39 is 12.1 Å². The van der Waals surface area contributed by atoms with Crippen LogP contribution in [0.1, 0.15) is 181 Å². The number of rotatable bonds is 33. The number of carbonyl (C=O) groups excluding carboxylic acids is 1. The van der Waals surface area contributed by atoms with Gasteiger partial charge >= 0.3 is 0 Å². The number of hydrogen-bond donors (Lipinski definition) is 3. The van der Waals surface area contributed by atoms with Crippen LogP contribution in [0.3, 0.4) is 0 Å². The molecule has 4 nitrogen and oxygen atoms in total. The maximum Gasteiger partial charge on any atom is 0.220 e. The average molecular weight is 616 g/mol. The summed E-state index contributed by atoms with van der Waals surface area (Å²) in [5.41, 5.74) is 0. The fraction of sp³-hybridized carbons (Fsp3) is 0.775. The summed E-state index contributed by atoms with van der Waals surface area (Å²) in [6.45, 7) is 4.21. The second kappa shape index (κ2) is 35.8. The lowest BCUT2D eigenvalue weighted by molar-refractivity contribution is -0.123. The quantitative estimate of drug-likeness (QED) is 0.0508. The molecule has 0 saturated heterocycles. The van der Waals surface area contributed by atoms with E-state index in [0.717, 1.165) is 51.4 Å². The van der Waals surface area contributed by atoms with Gasteiger partial charge in [-0.05, 0) is 57.8 Å². The first-order valence-corrected chi connectivity index (χ1v) is 18.9. The van der Waals surface area contributed by atoms with Gasteiger partial charge in [-0.1, -0.05) is 165 Å². The van der Waals surface area contributed by atoms with Gasteiger partial charge in [0.25, 0.3) is 0 Å². The van der Waals surface area contributed by atoms with Gasteiger partial charge in [0.1, 0.15) is 0 Å². The van der Waals surface area contributed by atoms with Gasteiger partial charge in [0.15, 0.2) is 0 Å². The maximum absolute atomic E-state index is 12.3.